The summed E-state index contributed by atoms with van der Waals surface area (Å²) in [6, 6.07) is 10.3. The first-order valence-corrected chi connectivity index (χ1v) is 7.23. The first-order chi connectivity index (χ1) is 10.0. The fraction of sp³-hybridized carbons (Fsp3) is 0.471. The lowest BCUT2D eigenvalue weighted by atomic mass is 9.95. The SMILES string of the molecule is C=CCNC(=O)COCC(C)(C)CNCc1ccccc1. The van der Waals surface area contributed by atoms with E-state index in [0.29, 0.717) is 13.2 Å². The van der Waals surface area contributed by atoms with Gasteiger partial charge in [-0.3, -0.25) is 4.79 Å². The monoisotopic (exact) mass is 290 g/mol. The molecule has 0 saturated carbocycles. The average molecular weight is 290 g/mol. The summed E-state index contributed by atoms with van der Waals surface area (Å²) >= 11 is 0. The number of nitrogens with one attached hydrogen (secondary N) is 2. The van der Waals surface area contributed by atoms with E-state index in [4.69, 9.17) is 4.74 Å². The van der Waals surface area contributed by atoms with E-state index >= 15 is 0 Å². The molecule has 1 rings (SSSR count). The van der Waals surface area contributed by atoms with E-state index < -0.39 is 0 Å². The van der Waals surface area contributed by atoms with Crippen LogP contribution in [0.1, 0.15) is 19.4 Å². The molecule has 0 aromatic heterocycles. The molecular weight excluding hydrogens is 264 g/mol. The van der Waals surface area contributed by atoms with Crippen molar-refractivity contribution in [3.05, 3.63) is 48.6 Å². The van der Waals surface area contributed by atoms with Crippen LogP contribution in [0.25, 0.3) is 0 Å². The highest BCUT2D eigenvalue weighted by molar-refractivity contribution is 5.77. The summed E-state index contributed by atoms with van der Waals surface area (Å²) < 4.78 is 5.47. The number of rotatable bonds is 10. The van der Waals surface area contributed by atoms with Crippen molar-refractivity contribution in [2.75, 3.05) is 26.3 Å². The van der Waals surface area contributed by atoms with Crippen molar-refractivity contribution in [1.82, 2.24) is 10.6 Å². The van der Waals surface area contributed by atoms with Gasteiger partial charge < -0.3 is 15.4 Å². The fourth-order valence-corrected chi connectivity index (χ4v) is 1.85. The van der Waals surface area contributed by atoms with Crippen LogP contribution in [0.15, 0.2) is 43.0 Å². The summed E-state index contributed by atoms with van der Waals surface area (Å²) in [4.78, 5) is 11.4. The molecule has 0 aliphatic heterocycles. The van der Waals surface area contributed by atoms with Crippen LogP contribution in [-0.4, -0.2) is 32.2 Å². The first-order valence-electron chi connectivity index (χ1n) is 7.23. The zero-order chi connectivity index (χ0) is 15.6. The largest absolute Gasteiger partial charge is 0.371 e. The van der Waals surface area contributed by atoms with Crippen molar-refractivity contribution in [2.45, 2.75) is 20.4 Å². The normalized spacial score (nSPS) is 11.1. The number of benzene rings is 1. The van der Waals surface area contributed by atoms with Crippen molar-refractivity contribution in [2.24, 2.45) is 5.41 Å². The van der Waals surface area contributed by atoms with Gasteiger partial charge in [-0.25, -0.2) is 0 Å². The third-order valence-electron chi connectivity index (χ3n) is 2.95. The van der Waals surface area contributed by atoms with Gasteiger partial charge in [0, 0.05) is 25.0 Å². The van der Waals surface area contributed by atoms with Crippen LogP contribution in [0.3, 0.4) is 0 Å². The van der Waals surface area contributed by atoms with Crippen LogP contribution >= 0.6 is 0 Å². The molecule has 4 nitrogen and oxygen atoms in total. The number of carbonyl (C=O) groups is 1. The van der Waals surface area contributed by atoms with Crippen molar-refractivity contribution in [3.8, 4) is 0 Å². The van der Waals surface area contributed by atoms with Gasteiger partial charge >= 0.3 is 0 Å². The maximum atomic E-state index is 11.4. The molecule has 0 heterocycles. The summed E-state index contributed by atoms with van der Waals surface area (Å²) in [5, 5.41) is 6.11. The lowest BCUT2D eigenvalue weighted by Crippen LogP contribution is -2.35. The summed E-state index contributed by atoms with van der Waals surface area (Å²) in [5.41, 5.74) is 1.24. The number of amides is 1. The minimum Gasteiger partial charge on any atom is -0.371 e. The molecule has 0 aliphatic carbocycles. The second kappa shape index (κ2) is 9.32. The molecule has 0 saturated heterocycles. The molecule has 1 aromatic rings. The molecule has 0 fully saturated rings. The van der Waals surface area contributed by atoms with Gasteiger partial charge in [0.1, 0.15) is 6.61 Å². The predicted molar refractivity (Wildman–Crippen MR) is 86.0 cm³/mol. The smallest absolute Gasteiger partial charge is 0.246 e. The van der Waals surface area contributed by atoms with E-state index in [-0.39, 0.29) is 17.9 Å². The van der Waals surface area contributed by atoms with Gasteiger partial charge in [0.05, 0.1) is 6.61 Å². The fourth-order valence-electron chi connectivity index (χ4n) is 1.85. The maximum Gasteiger partial charge on any atom is 0.246 e. The molecule has 0 aliphatic rings. The molecule has 0 radical (unpaired) electrons. The molecule has 0 unspecified atom stereocenters. The lowest BCUT2D eigenvalue weighted by Gasteiger charge is -2.24. The zero-order valence-corrected chi connectivity index (χ0v) is 13.0. The zero-order valence-electron chi connectivity index (χ0n) is 13.0. The third-order valence-corrected chi connectivity index (χ3v) is 2.95. The van der Waals surface area contributed by atoms with Gasteiger partial charge in [-0.2, -0.15) is 0 Å². The van der Waals surface area contributed by atoms with Gasteiger partial charge in [-0.05, 0) is 5.56 Å². The van der Waals surface area contributed by atoms with Gasteiger partial charge in [0.2, 0.25) is 5.91 Å². The van der Waals surface area contributed by atoms with Gasteiger partial charge in [0.25, 0.3) is 0 Å². The van der Waals surface area contributed by atoms with Crippen LogP contribution in [0.5, 0.6) is 0 Å². The minimum atomic E-state index is -0.108. The topological polar surface area (TPSA) is 50.4 Å². The van der Waals surface area contributed by atoms with E-state index in [1.54, 1.807) is 6.08 Å². The Balaban J connectivity index is 2.18. The highest BCUT2D eigenvalue weighted by Crippen LogP contribution is 2.14. The Morgan fingerprint density at radius 1 is 1.33 bits per heavy atom. The molecular formula is C17H26N2O2. The lowest BCUT2D eigenvalue weighted by molar-refractivity contribution is -0.126. The van der Waals surface area contributed by atoms with E-state index in [1.807, 2.05) is 18.2 Å². The van der Waals surface area contributed by atoms with E-state index in [1.165, 1.54) is 5.56 Å². The number of hydrogen-bond donors (Lipinski definition) is 2. The van der Waals surface area contributed by atoms with Gasteiger partial charge in [0.15, 0.2) is 0 Å². The second-order valence-electron chi connectivity index (χ2n) is 5.84. The Morgan fingerprint density at radius 2 is 2.05 bits per heavy atom. The highest BCUT2D eigenvalue weighted by Gasteiger charge is 2.18. The first kappa shape index (κ1) is 17.4. The summed E-state index contributed by atoms with van der Waals surface area (Å²) in [6.07, 6.45) is 1.65. The molecule has 2 N–H and O–H groups in total. The van der Waals surface area contributed by atoms with E-state index in [9.17, 15) is 4.79 Å². The van der Waals surface area contributed by atoms with Crippen molar-refractivity contribution >= 4 is 5.91 Å². The van der Waals surface area contributed by atoms with Crippen LogP contribution < -0.4 is 10.6 Å². The minimum absolute atomic E-state index is 0.0203. The maximum absolute atomic E-state index is 11.4. The molecule has 116 valence electrons. The summed E-state index contributed by atoms with van der Waals surface area (Å²) in [5.74, 6) is -0.108. The number of carbonyl (C=O) groups excluding carboxylic acids is 1. The Morgan fingerprint density at radius 3 is 2.71 bits per heavy atom. The Bertz CT molecular complexity index is 430. The van der Waals surface area contributed by atoms with Crippen molar-refractivity contribution in [1.29, 1.82) is 0 Å². The average Bonchev–Trinajstić information content (AvgIpc) is 2.46. The van der Waals surface area contributed by atoms with Crippen LogP contribution in [0, 0.1) is 5.41 Å². The number of ether oxygens (including phenoxy) is 1. The Hall–Kier alpha value is -1.65. The standard InChI is InChI=1S/C17H26N2O2/c1-4-10-19-16(20)12-21-14-17(2,3)13-18-11-15-8-6-5-7-9-15/h4-9,18H,1,10-14H2,2-3H3,(H,19,20). The molecule has 4 heteroatoms. The molecule has 1 amide bonds. The highest BCUT2D eigenvalue weighted by atomic mass is 16.5. The number of hydrogen-bond acceptors (Lipinski definition) is 3. The third kappa shape index (κ3) is 8.27. The summed E-state index contributed by atoms with van der Waals surface area (Å²) in [6.45, 7) is 10.6. The second-order valence-corrected chi connectivity index (χ2v) is 5.84. The van der Waals surface area contributed by atoms with E-state index in [2.05, 4.69) is 43.2 Å². The summed E-state index contributed by atoms with van der Waals surface area (Å²) in [7, 11) is 0. The van der Waals surface area contributed by atoms with Crippen molar-refractivity contribution < 1.29 is 9.53 Å². The molecule has 0 spiro atoms. The Labute approximate surface area is 127 Å². The molecule has 0 bridgehead atoms. The van der Waals surface area contributed by atoms with Gasteiger partial charge in [-0.1, -0.05) is 50.3 Å². The molecule has 0 atom stereocenters. The Kier molecular flexibility index (Phi) is 7.72. The van der Waals surface area contributed by atoms with Crippen molar-refractivity contribution in [3.63, 3.8) is 0 Å². The van der Waals surface area contributed by atoms with Crippen LogP contribution in [0.4, 0.5) is 0 Å². The quantitative estimate of drug-likeness (QED) is 0.649. The predicted octanol–water partition coefficient (Wildman–Crippen LogP) is 2.12. The molecule has 1 aromatic carbocycles. The molecule has 21 heavy (non-hydrogen) atoms. The van der Waals surface area contributed by atoms with Gasteiger partial charge in [-0.15, -0.1) is 6.58 Å². The van der Waals surface area contributed by atoms with Crippen LogP contribution in [-0.2, 0) is 16.1 Å². The van der Waals surface area contributed by atoms with E-state index in [0.717, 1.165) is 13.1 Å². The van der Waals surface area contributed by atoms with Crippen LogP contribution in [0.2, 0.25) is 0 Å².